The molecule has 1 fully saturated rings. The molecule has 1 aliphatic heterocycles. The molecule has 1 N–H and O–H groups in total. The first-order valence-corrected chi connectivity index (χ1v) is 8.21. The van der Waals surface area contributed by atoms with Crippen LogP contribution in [0.3, 0.4) is 0 Å². The standard InChI is InChI=1S/C11H15NO4S2/c1-8-10(4-6-17-8)11(13)12-18(14,15)7-9-3-2-5-16-9/h4,6,9H,2-3,5,7H2,1H3,(H,12,13). The van der Waals surface area contributed by atoms with Crippen LogP contribution in [0.1, 0.15) is 28.1 Å². The minimum atomic E-state index is -3.63. The third-order valence-electron chi connectivity index (χ3n) is 2.78. The number of aryl methyl sites for hydroxylation is 1. The average Bonchev–Trinajstić information content (AvgIpc) is 2.87. The van der Waals surface area contributed by atoms with Crippen molar-refractivity contribution >= 4 is 27.3 Å². The lowest BCUT2D eigenvalue weighted by Crippen LogP contribution is -2.36. The molecule has 7 heteroatoms. The minimum absolute atomic E-state index is 0.151. The van der Waals surface area contributed by atoms with Gasteiger partial charge in [-0.2, -0.15) is 0 Å². The number of hydrogen-bond acceptors (Lipinski definition) is 5. The first-order valence-electron chi connectivity index (χ1n) is 5.68. The number of thiophene rings is 1. The van der Waals surface area contributed by atoms with Gasteiger partial charge in [0, 0.05) is 11.5 Å². The van der Waals surface area contributed by atoms with Crippen LogP contribution in [0.15, 0.2) is 11.4 Å². The van der Waals surface area contributed by atoms with Gasteiger partial charge >= 0.3 is 0 Å². The summed E-state index contributed by atoms with van der Waals surface area (Å²) in [7, 11) is -3.63. The minimum Gasteiger partial charge on any atom is -0.377 e. The number of ether oxygens (including phenoxy) is 1. The Balaban J connectivity index is 1.99. The number of rotatable bonds is 4. The molecule has 1 aromatic rings. The number of sulfonamides is 1. The molecular formula is C11H15NO4S2. The summed E-state index contributed by atoms with van der Waals surface area (Å²) < 4.78 is 30.9. The first-order chi connectivity index (χ1) is 8.48. The molecule has 1 saturated heterocycles. The average molecular weight is 289 g/mol. The molecule has 1 atom stereocenters. The lowest BCUT2D eigenvalue weighted by Gasteiger charge is -2.11. The molecule has 1 aliphatic rings. The van der Waals surface area contributed by atoms with E-state index in [0.29, 0.717) is 12.2 Å². The monoisotopic (exact) mass is 289 g/mol. The molecule has 0 spiro atoms. The molecular weight excluding hydrogens is 274 g/mol. The summed E-state index contributed by atoms with van der Waals surface area (Å²) in [6.45, 7) is 2.38. The van der Waals surface area contributed by atoms with Gasteiger partial charge in [-0.3, -0.25) is 4.79 Å². The van der Waals surface area contributed by atoms with Crippen molar-refractivity contribution in [2.45, 2.75) is 25.9 Å². The largest absolute Gasteiger partial charge is 0.377 e. The number of hydrogen-bond donors (Lipinski definition) is 1. The zero-order valence-electron chi connectivity index (χ0n) is 10.0. The highest BCUT2D eigenvalue weighted by atomic mass is 32.2. The van der Waals surface area contributed by atoms with Gasteiger partial charge in [0.1, 0.15) is 0 Å². The second-order valence-corrected chi connectivity index (χ2v) is 7.13. The Morgan fingerprint density at radius 1 is 1.61 bits per heavy atom. The second-order valence-electron chi connectivity index (χ2n) is 4.24. The van der Waals surface area contributed by atoms with E-state index in [-0.39, 0.29) is 11.9 Å². The SMILES string of the molecule is Cc1sccc1C(=O)NS(=O)(=O)CC1CCCO1. The Kier molecular flexibility index (Phi) is 4.04. The fourth-order valence-corrected chi connectivity index (χ4v) is 3.80. The summed E-state index contributed by atoms with van der Waals surface area (Å²) in [6, 6.07) is 1.62. The summed E-state index contributed by atoms with van der Waals surface area (Å²) >= 11 is 1.41. The van der Waals surface area contributed by atoms with Crippen LogP contribution in [0.2, 0.25) is 0 Å². The van der Waals surface area contributed by atoms with Crippen LogP contribution in [0.25, 0.3) is 0 Å². The van der Waals surface area contributed by atoms with E-state index in [4.69, 9.17) is 4.74 Å². The molecule has 0 aliphatic carbocycles. The lowest BCUT2D eigenvalue weighted by atomic mass is 10.3. The summed E-state index contributed by atoms with van der Waals surface area (Å²) in [6.07, 6.45) is 1.31. The van der Waals surface area contributed by atoms with Crippen molar-refractivity contribution in [1.82, 2.24) is 4.72 Å². The van der Waals surface area contributed by atoms with E-state index in [1.807, 2.05) is 0 Å². The molecule has 0 saturated carbocycles. The highest BCUT2D eigenvalue weighted by Gasteiger charge is 2.25. The Morgan fingerprint density at radius 2 is 2.39 bits per heavy atom. The van der Waals surface area contributed by atoms with E-state index in [9.17, 15) is 13.2 Å². The smallest absolute Gasteiger partial charge is 0.265 e. The molecule has 2 heterocycles. The van der Waals surface area contributed by atoms with Gasteiger partial charge in [-0.15, -0.1) is 11.3 Å². The van der Waals surface area contributed by atoms with E-state index in [1.165, 1.54) is 11.3 Å². The van der Waals surface area contributed by atoms with Gasteiger partial charge in [0.25, 0.3) is 5.91 Å². The maximum Gasteiger partial charge on any atom is 0.265 e. The van der Waals surface area contributed by atoms with Crippen molar-refractivity contribution in [2.24, 2.45) is 0 Å². The Labute approximate surface area is 110 Å². The fourth-order valence-electron chi connectivity index (χ4n) is 1.88. The van der Waals surface area contributed by atoms with Crippen molar-refractivity contribution < 1.29 is 17.9 Å². The number of amides is 1. The molecule has 1 unspecified atom stereocenters. The third kappa shape index (κ3) is 3.30. The van der Waals surface area contributed by atoms with E-state index >= 15 is 0 Å². The van der Waals surface area contributed by atoms with Gasteiger partial charge in [0.15, 0.2) is 0 Å². The van der Waals surface area contributed by atoms with Crippen molar-refractivity contribution in [3.8, 4) is 0 Å². The molecule has 1 aromatic heterocycles. The van der Waals surface area contributed by atoms with Gasteiger partial charge in [0.2, 0.25) is 10.0 Å². The van der Waals surface area contributed by atoms with Crippen LogP contribution in [0.4, 0.5) is 0 Å². The normalized spacial score (nSPS) is 19.9. The van der Waals surface area contributed by atoms with Crippen LogP contribution >= 0.6 is 11.3 Å². The molecule has 0 aromatic carbocycles. The third-order valence-corrected chi connectivity index (χ3v) is 4.93. The second kappa shape index (κ2) is 5.38. The van der Waals surface area contributed by atoms with E-state index in [0.717, 1.165) is 17.7 Å². The van der Waals surface area contributed by atoms with Crippen LogP contribution in [0, 0.1) is 6.92 Å². The zero-order chi connectivity index (χ0) is 13.2. The fraction of sp³-hybridized carbons (Fsp3) is 0.545. The molecule has 2 rings (SSSR count). The van der Waals surface area contributed by atoms with Crippen LogP contribution < -0.4 is 4.72 Å². The van der Waals surface area contributed by atoms with Crippen LogP contribution in [-0.2, 0) is 14.8 Å². The summed E-state index contributed by atoms with van der Waals surface area (Å²) in [5.41, 5.74) is 0.413. The van der Waals surface area contributed by atoms with Gasteiger partial charge < -0.3 is 4.74 Å². The summed E-state index contributed by atoms with van der Waals surface area (Å²) in [4.78, 5) is 12.6. The van der Waals surface area contributed by atoms with Gasteiger partial charge in [0.05, 0.1) is 17.4 Å². The van der Waals surface area contributed by atoms with Gasteiger partial charge in [-0.1, -0.05) is 0 Å². The number of nitrogens with one attached hydrogen (secondary N) is 1. The number of carbonyl (C=O) groups excluding carboxylic acids is 1. The zero-order valence-corrected chi connectivity index (χ0v) is 11.6. The maximum atomic E-state index is 11.8. The molecule has 100 valence electrons. The van der Waals surface area contributed by atoms with Crippen molar-refractivity contribution in [3.05, 3.63) is 21.9 Å². The van der Waals surface area contributed by atoms with Crippen molar-refractivity contribution in [2.75, 3.05) is 12.4 Å². The molecule has 18 heavy (non-hydrogen) atoms. The van der Waals surface area contributed by atoms with Gasteiger partial charge in [-0.05, 0) is 31.2 Å². The quantitative estimate of drug-likeness (QED) is 0.906. The van der Waals surface area contributed by atoms with E-state index in [1.54, 1.807) is 18.4 Å². The summed E-state index contributed by atoms with van der Waals surface area (Å²) in [5, 5.41) is 1.76. The Bertz CT molecular complexity index is 529. The van der Waals surface area contributed by atoms with Crippen molar-refractivity contribution in [3.63, 3.8) is 0 Å². The lowest BCUT2D eigenvalue weighted by molar-refractivity contribution is 0.0979. The number of carbonyl (C=O) groups is 1. The summed E-state index contributed by atoms with van der Waals surface area (Å²) in [5.74, 6) is -0.714. The highest BCUT2D eigenvalue weighted by molar-refractivity contribution is 7.90. The Hall–Kier alpha value is -0.920. The van der Waals surface area contributed by atoms with E-state index < -0.39 is 15.9 Å². The topological polar surface area (TPSA) is 72.5 Å². The van der Waals surface area contributed by atoms with Gasteiger partial charge in [-0.25, -0.2) is 13.1 Å². The van der Waals surface area contributed by atoms with Crippen molar-refractivity contribution in [1.29, 1.82) is 0 Å². The predicted molar refractivity (Wildman–Crippen MR) is 69.3 cm³/mol. The molecule has 0 bridgehead atoms. The first kappa shape index (κ1) is 13.5. The van der Waals surface area contributed by atoms with Crippen LogP contribution in [0.5, 0.6) is 0 Å². The maximum absolute atomic E-state index is 11.8. The van der Waals surface area contributed by atoms with Crippen LogP contribution in [-0.4, -0.2) is 32.8 Å². The molecule has 5 nitrogen and oxygen atoms in total. The predicted octanol–water partition coefficient (Wildman–Crippen LogP) is 1.30. The molecule has 1 amide bonds. The Morgan fingerprint density at radius 3 is 2.94 bits per heavy atom. The highest BCUT2D eigenvalue weighted by Crippen LogP contribution is 2.16. The molecule has 0 radical (unpaired) electrons. The van der Waals surface area contributed by atoms with E-state index in [2.05, 4.69) is 4.72 Å².